The largest absolute Gasteiger partial charge is 0.465 e. The standard InChI is InChI=1S/C20H22ClN5O3/c1-3-5-7-18(27)23-16-10-12(22)8-9-13(16)19-14(11-17(21)25-26-19)15(6-4-2)24-20(28)29/h3-4,8-11,15,24H,1-2,5-7,22H2,(H,23,27)(H,28,29). The van der Waals surface area contributed by atoms with E-state index in [0.717, 1.165) is 0 Å². The maximum atomic E-state index is 12.2. The summed E-state index contributed by atoms with van der Waals surface area (Å²) in [6.45, 7) is 7.28. The van der Waals surface area contributed by atoms with Gasteiger partial charge < -0.3 is 21.5 Å². The minimum absolute atomic E-state index is 0.108. The number of allylic oxidation sites excluding steroid dienone is 1. The van der Waals surface area contributed by atoms with E-state index >= 15 is 0 Å². The SMILES string of the molecule is C=CCCC(=O)Nc1cc(N)ccc1-c1nnc(Cl)cc1C(CC=C)NC(=O)O. The summed E-state index contributed by atoms with van der Waals surface area (Å²) in [6, 6.07) is 5.82. The fourth-order valence-corrected chi connectivity index (χ4v) is 2.91. The average Bonchev–Trinajstić information content (AvgIpc) is 2.66. The normalized spacial score (nSPS) is 11.3. The van der Waals surface area contributed by atoms with Crippen LogP contribution < -0.4 is 16.4 Å². The first-order chi connectivity index (χ1) is 13.8. The quantitative estimate of drug-likeness (QED) is 0.359. The Morgan fingerprint density at radius 2 is 2.00 bits per heavy atom. The number of nitrogens with two attached hydrogens (primary N) is 1. The minimum atomic E-state index is -1.20. The molecular formula is C20H22ClN5O3. The van der Waals surface area contributed by atoms with Gasteiger partial charge in [-0.25, -0.2) is 4.79 Å². The number of halogens is 1. The number of amides is 2. The molecule has 1 heterocycles. The molecular weight excluding hydrogens is 394 g/mol. The molecule has 0 bridgehead atoms. The summed E-state index contributed by atoms with van der Waals surface area (Å²) in [5.41, 5.74) is 8.17. The Kier molecular flexibility index (Phi) is 7.73. The van der Waals surface area contributed by atoms with Crippen LogP contribution in [-0.4, -0.2) is 27.3 Å². The van der Waals surface area contributed by atoms with Crippen LogP contribution in [0.4, 0.5) is 16.2 Å². The van der Waals surface area contributed by atoms with Crippen LogP contribution in [0.15, 0.2) is 49.6 Å². The van der Waals surface area contributed by atoms with Crippen molar-refractivity contribution in [2.75, 3.05) is 11.1 Å². The number of carboxylic acid groups (broad SMARTS) is 1. The number of aromatic nitrogens is 2. The highest BCUT2D eigenvalue weighted by atomic mass is 35.5. The van der Waals surface area contributed by atoms with Gasteiger partial charge in [0.15, 0.2) is 5.15 Å². The molecule has 0 radical (unpaired) electrons. The van der Waals surface area contributed by atoms with Gasteiger partial charge in [-0.15, -0.1) is 23.4 Å². The molecule has 1 atom stereocenters. The van der Waals surface area contributed by atoms with Gasteiger partial charge in [-0.05, 0) is 37.1 Å². The van der Waals surface area contributed by atoms with Gasteiger partial charge in [0.2, 0.25) is 5.91 Å². The van der Waals surface area contributed by atoms with E-state index in [1.54, 1.807) is 30.4 Å². The van der Waals surface area contributed by atoms with Gasteiger partial charge >= 0.3 is 6.09 Å². The second-order valence-electron chi connectivity index (χ2n) is 6.18. The Bertz CT molecular complexity index is 932. The molecule has 1 unspecified atom stereocenters. The van der Waals surface area contributed by atoms with Crippen molar-refractivity contribution in [2.45, 2.75) is 25.3 Å². The predicted molar refractivity (Wildman–Crippen MR) is 114 cm³/mol. The summed E-state index contributed by atoms with van der Waals surface area (Å²) >= 11 is 6.02. The van der Waals surface area contributed by atoms with Crippen LogP contribution in [0.3, 0.4) is 0 Å². The van der Waals surface area contributed by atoms with Gasteiger partial charge in [-0.1, -0.05) is 23.8 Å². The molecule has 2 rings (SSSR count). The third-order valence-electron chi connectivity index (χ3n) is 4.02. The fourth-order valence-electron chi connectivity index (χ4n) is 2.75. The third-order valence-corrected chi connectivity index (χ3v) is 4.20. The molecule has 8 nitrogen and oxygen atoms in total. The molecule has 2 aromatic rings. The maximum absolute atomic E-state index is 12.2. The lowest BCUT2D eigenvalue weighted by atomic mass is 9.97. The van der Waals surface area contributed by atoms with Crippen LogP contribution >= 0.6 is 11.6 Å². The number of nitrogen functional groups attached to an aromatic ring is 1. The van der Waals surface area contributed by atoms with Gasteiger partial charge in [0.1, 0.15) is 5.69 Å². The fraction of sp³-hybridized carbons (Fsp3) is 0.200. The summed E-state index contributed by atoms with van der Waals surface area (Å²) in [4.78, 5) is 23.5. The van der Waals surface area contributed by atoms with Gasteiger partial charge in [-0.3, -0.25) is 4.79 Å². The monoisotopic (exact) mass is 415 g/mol. The van der Waals surface area contributed by atoms with Crippen LogP contribution in [0.5, 0.6) is 0 Å². The Labute approximate surface area is 173 Å². The molecule has 0 spiro atoms. The lowest BCUT2D eigenvalue weighted by molar-refractivity contribution is -0.116. The number of carbonyl (C=O) groups excluding carboxylic acids is 1. The maximum Gasteiger partial charge on any atom is 0.405 e. The predicted octanol–water partition coefficient (Wildman–Crippen LogP) is 4.17. The second kappa shape index (κ2) is 10.2. The van der Waals surface area contributed by atoms with Crippen LogP contribution in [0.1, 0.15) is 30.9 Å². The average molecular weight is 416 g/mol. The smallest absolute Gasteiger partial charge is 0.405 e. The van der Waals surface area contributed by atoms with Gasteiger partial charge in [0.25, 0.3) is 0 Å². The van der Waals surface area contributed by atoms with E-state index in [1.165, 1.54) is 6.07 Å². The Balaban J connectivity index is 2.56. The highest BCUT2D eigenvalue weighted by Crippen LogP contribution is 2.35. The molecule has 9 heteroatoms. The minimum Gasteiger partial charge on any atom is -0.465 e. The molecule has 0 aliphatic rings. The number of hydrogen-bond acceptors (Lipinski definition) is 5. The molecule has 0 saturated carbocycles. The number of nitrogens with one attached hydrogen (secondary N) is 2. The van der Waals surface area contributed by atoms with Crippen LogP contribution in [0.25, 0.3) is 11.3 Å². The lowest BCUT2D eigenvalue weighted by Crippen LogP contribution is -2.27. The van der Waals surface area contributed by atoms with Crippen molar-refractivity contribution in [3.63, 3.8) is 0 Å². The number of anilines is 2. The number of nitrogens with zero attached hydrogens (tertiary/aromatic N) is 2. The lowest BCUT2D eigenvalue weighted by Gasteiger charge is -2.20. The zero-order chi connectivity index (χ0) is 21.4. The molecule has 1 aromatic heterocycles. The molecule has 5 N–H and O–H groups in total. The van der Waals surface area contributed by atoms with Crippen LogP contribution in [-0.2, 0) is 4.79 Å². The molecule has 1 aromatic carbocycles. The van der Waals surface area contributed by atoms with Crippen molar-refractivity contribution in [1.82, 2.24) is 15.5 Å². The third kappa shape index (κ3) is 6.05. The Morgan fingerprint density at radius 1 is 1.24 bits per heavy atom. The van der Waals surface area contributed by atoms with E-state index in [9.17, 15) is 14.7 Å². The molecule has 152 valence electrons. The zero-order valence-corrected chi connectivity index (χ0v) is 16.4. The summed E-state index contributed by atoms with van der Waals surface area (Å²) in [7, 11) is 0. The second-order valence-corrected chi connectivity index (χ2v) is 6.57. The van der Waals surface area contributed by atoms with Gasteiger partial charge in [0.05, 0.1) is 11.7 Å². The summed E-state index contributed by atoms with van der Waals surface area (Å²) in [5, 5.41) is 22.6. The molecule has 0 fully saturated rings. The number of carbonyl (C=O) groups is 2. The first-order valence-electron chi connectivity index (χ1n) is 8.79. The summed E-state index contributed by atoms with van der Waals surface area (Å²) in [5.74, 6) is -0.216. The van der Waals surface area contributed by atoms with Crippen LogP contribution in [0.2, 0.25) is 5.15 Å². The van der Waals surface area contributed by atoms with E-state index in [0.29, 0.717) is 41.0 Å². The van der Waals surface area contributed by atoms with E-state index < -0.39 is 12.1 Å². The first kappa shape index (κ1) is 21.9. The van der Waals surface area contributed by atoms with Crippen molar-refractivity contribution in [3.8, 4) is 11.3 Å². The van der Waals surface area contributed by atoms with Gasteiger partial charge in [-0.2, -0.15) is 0 Å². The Hall–Kier alpha value is -3.39. The highest BCUT2D eigenvalue weighted by molar-refractivity contribution is 6.29. The molecule has 0 saturated heterocycles. The van der Waals surface area contributed by atoms with Crippen molar-refractivity contribution >= 4 is 35.0 Å². The van der Waals surface area contributed by atoms with Crippen LogP contribution in [0, 0.1) is 0 Å². The number of rotatable bonds is 9. The van der Waals surface area contributed by atoms with Crippen molar-refractivity contribution in [1.29, 1.82) is 0 Å². The Morgan fingerprint density at radius 3 is 2.66 bits per heavy atom. The zero-order valence-electron chi connectivity index (χ0n) is 15.7. The first-order valence-corrected chi connectivity index (χ1v) is 9.17. The van der Waals surface area contributed by atoms with Crippen molar-refractivity contribution in [3.05, 3.63) is 60.3 Å². The number of hydrogen-bond donors (Lipinski definition) is 4. The molecule has 0 aliphatic carbocycles. The topological polar surface area (TPSA) is 130 Å². The molecule has 29 heavy (non-hydrogen) atoms. The highest BCUT2D eigenvalue weighted by Gasteiger charge is 2.22. The number of benzene rings is 1. The van der Waals surface area contributed by atoms with Gasteiger partial charge in [0, 0.05) is 23.2 Å². The summed E-state index contributed by atoms with van der Waals surface area (Å²) < 4.78 is 0. The van der Waals surface area contributed by atoms with E-state index in [4.69, 9.17) is 17.3 Å². The molecule has 0 aliphatic heterocycles. The molecule has 2 amide bonds. The van der Waals surface area contributed by atoms with Crippen molar-refractivity contribution in [2.24, 2.45) is 0 Å². The van der Waals surface area contributed by atoms with E-state index in [1.807, 2.05) is 0 Å². The van der Waals surface area contributed by atoms with E-state index in [2.05, 4.69) is 34.0 Å². The summed E-state index contributed by atoms with van der Waals surface area (Å²) in [6.07, 6.45) is 3.12. The van der Waals surface area contributed by atoms with E-state index in [-0.39, 0.29) is 17.5 Å². The van der Waals surface area contributed by atoms with Crippen molar-refractivity contribution < 1.29 is 14.7 Å².